The van der Waals surface area contributed by atoms with E-state index in [1.165, 1.54) is 5.56 Å². The molecule has 0 spiro atoms. The molecule has 1 aliphatic heterocycles. The van der Waals surface area contributed by atoms with Crippen molar-refractivity contribution in [3.05, 3.63) is 29.3 Å². The van der Waals surface area contributed by atoms with Crippen molar-refractivity contribution in [1.82, 2.24) is 16.0 Å². The Labute approximate surface area is 164 Å². The first-order chi connectivity index (χ1) is 12.9. The number of benzene rings is 1. The summed E-state index contributed by atoms with van der Waals surface area (Å²) in [7, 11) is 0. The molecule has 1 atom stereocenters. The highest BCUT2D eigenvalue weighted by Gasteiger charge is 2.18. The van der Waals surface area contributed by atoms with Crippen LogP contribution in [0.4, 0.5) is 0 Å². The summed E-state index contributed by atoms with van der Waals surface area (Å²) in [6.07, 6.45) is 1.09. The van der Waals surface area contributed by atoms with Crippen molar-refractivity contribution in [3.63, 3.8) is 0 Å². The molecule has 1 aliphatic rings. The lowest BCUT2D eigenvalue weighted by atomic mass is 10.1. The quantitative estimate of drug-likeness (QED) is 0.370. The summed E-state index contributed by atoms with van der Waals surface area (Å²) in [5, 5.41) is 10.2. The van der Waals surface area contributed by atoms with E-state index in [9.17, 15) is 0 Å². The summed E-state index contributed by atoms with van der Waals surface area (Å²) >= 11 is 0. The fourth-order valence-corrected chi connectivity index (χ4v) is 2.81. The summed E-state index contributed by atoms with van der Waals surface area (Å²) in [6.45, 7) is 15.2. The van der Waals surface area contributed by atoms with Gasteiger partial charge in [0.15, 0.2) is 5.96 Å². The van der Waals surface area contributed by atoms with Gasteiger partial charge in [-0.3, -0.25) is 0 Å². The van der Waals surface area contributed by atoms with Gasteiger partial charge in [-0.05, 0) is 46.2 Å². The molecule has 0 radical (unpaired) electrons. The Bertz CT molecular complexity index is 605. The lowest BCUT2D eigenvalue weighted by Crippen LogP contribution is -2.44. The van der Waals surface area contributed by atoms with E-state index in [0.717, 1.165) is 49.9 Å². The van der Waals surface area contributed by atoms with Gasteiger partial charge >= 0.3 is 0 Å². The molecule has 0 bridgehead atoms. The Morgan fingerprint density at radius 1 is 1.26 bits per heavy atom. The highest BCUT2D eigenvalue weighted by atomic mass is 16.5. The van der Waals surface area contributed by atoms with E-state index in [4.69, 9.17) is 14.5 Å². The normalized spacial score (nSPS) is 17.8. The van der Waals surface area contributed by atoms with Gasteiger partial charge in [0, 0.05) is 37.2 Å². The van der Waals surface area contributed by atoms with Gasteiger partial charge in [-0.25, -0.2) is 4.99 Å². The van der Waals surface area contributed by atoms with Crippen molar-refractivity contribution in [2.45, 2.75) is 59.2 Å². The van der Waals surface area contributed by atoms with Crippen LogP contribution in [0.5, 0.6) is 5.75 Å². The molecule has 0 saturated carbocycles. The number of guanidine groups is 1. The van der Waals surface area contributed by atoms with E-state index < -0.39 is 0 Å². The van der Waals surface area contributed by atoms with Crippen LogP contribution in [0.3, 0.4) is 0 Å². The SMILES string of the molecule is CCNC(=NCc1ccc(C)cc1OC1CCOC1)NCCNC(C)(C)C. The summed E-state index contributed by atoms with van der Waals surface area (Å²) in [5.41, 5.74) is 2.40. The van der Waals surface area contributed by atoms with Crippen LogP contribution in [0, 0.1) is 6.92 Å². The Balaban J connectivity index is 1.97. The molecular weight excluding hydrogens is 340 g/mol. The molecular formula is C21H36N4O2. The van der Waals surface area contributed by atoms with Crippen molar-refractivity contribution in [2.24, 2.45) is 4.99 Å². The lowest BCUT2D eigenvalue weighted by Gasteiger charge is -2.21. The van der Waals surface area contributed by atoms with Crippen LogP contribution in [0.25, 0.3) is 0 Å². The minimum atomic E-state index is 0.120. The maximum absolute atomic E-state index is 6.17. The second-order valence-electron chi connectivity index (χ2n) is 8.01. The number of hydrogen-bond acceptors (Lipinski definition) is 4. The van der Waals surface area contributed by atoms with Gasteiger partial charge in [-0.15, -0.1) is 0 Å². The Hall–Kier alpha value is -1.79. The van der Waals surface area contributed by atoms with Crippen LogP contribution in [-0.2, 0) is 11.3 Å². The van der Waals surface area contributed by atoms with Crippen molar-refractivity contribution in [1.29, 1.82) is 0 Å². The zero-order valence-corrected chi connectivity index (χ0v) is 17.5. The number of ether oxygens (including phenoxy) is 2. The molecule has 1 aromatic rings. The van der Waals surface area contributed by atoms with Crippen LogP contribution in [0.1, 0.15) is 45.2 Å². The van der Waals surface area contributed by atoms with E-state index in [1.807, 2.05) is 0 Å². The van der Waals surface area contributed by atoms with Crippen LogP contribution in [0.2, 0.25) is 0 Å². The molecule has 1 heterocycles. The van der Waals surface area contributed by atoms with E-state index in [-0.39, 0.29) is 11.6 Å². The van der Waals surface area contributed by atoms with Crippen LogP contribution >= 0.6 is 0 Å². The molecule has 3 N–H and O–H groups in total. The topological polar surface area (TPSA) is 66.9 Å². The third-order valence-corrected chi connectivity index (χ3v) is 4.23. The molecule has 6 heteroatoms. The maximum Gasteiger partial charge on any atom is 0.191 e. The van der Waals surface area contributed by atoms with E-state index >= 15 is 0 Å². The summed E-state index contributed by atoms with van der Waals surface area (Å²) in [4.78, 5) is 4.74. The van der Waals surface area contributed by atoms with Crippen molar-refractivity contribution < 1.29 is 9.47 Å². The first-order valence-electron chi connectivity index (χ1n) is 9.98. The zero-order chi connectivity index (χ0) is 19.7. The maximum atomic E-state index is 6.17. The van der Waals surface area contributed by atoms with Gasteiger partial charge in [-0.1, -0.05) is 12.1 Å². The lowest BCUT2D eigenvalue weighted by molar-refractivity contribution is 0.140. The second-order valence-corrected chi connectivity index (χ2v) is 8.01. The standard InChI is InChI=1S/C21H36N4O2/c1-6-22-20(23-10-11-25-21(3,4)5)24-14-17-8-7-16(2)13-19(17)27-18-9-12-26-15-18/h7-8,13,18,25H,6,9-12,14-15H2,1-5H3,(H2,22,23,24). The Morgan fingerprint density at radius 3 is 2.74 bits per heavy atom. The Kier molecular flexibility index (Phi) is 8.38. The molecule has 1 aromatic carbocycles. The van der Waals surface area contributed by atoms with Gasteiger partial charge in [0.05, 0.1) is 19.8 Å². The third kappa shape index (κ3) is 8.18. The fraction of sp³-hybridized carbons (Fsp3) is 0.667. The van der Waals surface area contributed by atoms with E-state index in [2.05, 4.69) is 68.8 Å². The zero-order valence-electron chi connectivity index (χ0n) is 17.5. The van der Waals surface area contributed by atoms with E-state index in [0.29, 0.717) is 13.2 Å². The van der Waals surface area contributed by atoms with E-state index in [1.54, 1.807) is 0 Å². The first-order valence-corrected chi connectivity index (χ1v) is 9.98. The predicted molar refractivity (Wildman–Crippen MR) is 112 cm³/mol. The fourth-order valence-electron chi connectivity index (χ4n) is 2.81. The van der Waals surface area contributed by atoms with Gasteiger partial charge in [0.25, 0.3) is 0 Å². The first kappa shape index (κ1) is 21.5. The Morgan fingerprint density at radius 2 is 2.07 bits per heavy atom. The van der Waals surface area contributed by atoms with Crippen molar-refractivity contribution in [2.75, 3.05) is 32.8 Å². The molecule has 0 aliphatic carbocycles. The average molecular weight is 377 g/mol. The minimum Gasteiger partial charge on any atom is -0.488 e. The van der Waals surface area contributed by atoms with Crippen LogP contribution in [-0.4, -0.2) is 50.5 Å². The molecule has 1 saturated heterocycles. The number of nitrogens with one attached hydrogen (secondary N) is 3. The highest BCUT2D eigenvalue weighted by Crippen LogP contribution is 2.24. The van der Waals surface area contributed by atoms with Crippen LogP contribution in [0.15, 0.2) is 23.2 Å². The van der Waals surface area contributed by atoms with Gasteiger partial charge in [0.2, 0.25) is 0 Å². The predicted octanol–water partition coefficient (Wildman–Crippen LogP) is 2.61. The number of hydrogen-bond donors (Lipinski definition) is 3. The van der Waals surface area contributed by atoms with Gasteiger partial charge in [-0.2, -0.15) is 0 Å². The van der Waals surface area contributed by atoms with Crippen LogP contribution < -0.4 is 20.7 Å². The third-order valence-electron chi connectivity index (χ3n) is 4.23. The minimum absolute atomic E-state index is 0.120. The molecule has 27 heavy (non-hydrogen) atoms. The molecule has 6 nitrogen and oxygen atoms in total. The monoisotopic (exact) mass is 376 g/mol. The van der Waals surface area contributed by atoms with Gasteiger partial charge in [0.1, 0.15) is 11.9 Å². The highest BCUT2D eigenvalue weighted by molar-refractivity contribution is 5.79. The number of aliphatic imine (C=N–C) groups is 1. The average Bonchev–Trinajstić information content (AvgIpc) is 3.10. The number of aryl methyl sites for hydroxylation is 1. The molecule has 1 unspecified atom stereocenters. The summed E-state index contributed by atoms with van der Waals surface area (Å²) < 4.78 is 11.6. The molecule has 152 valence electrons. The second kappa shape index (κ2) is 10.5. The van der Waals surface area contributed by atoms with Crippen molar-refractivity contribution in [3.8, 4) is 5.75 Å². The molecule has 1 fully saturated rings. The smallest absolute Gasteiger partial charge is 0.191 e. The number of rotatable bonds is 8. The molecule has 0 aromatic heterocycles. The van der Waals surface area contributed by atoms with Crippen molar-refractivity contribution >= 4 is 5.96 Å². The summed E-state index contributed by atoms with van der Waals surface area (Å²) in [5.74, 6) is 1.74. The van der Waals surface area contributed by atoms with Gasteiger partial charge < -0.3 is 25.4 Å². The number of nitrogens with zero attached hydrogens (tertiary/aromatic N) is 1. The molecule has 0 amide bonds. The largest absolute Gasteiger partial charge is 0.488 e. The molecule has 2 rings (SSSR count). The summed E-state index contributed by atoms with van der Waals surface area (Å²) in [6, 6.07) is 6.31.